The second-order valence-corrected chi connectivity index (χ2v) is 20.9. The second kappa shape index (κ2) is 27.2. The zero-order chi connectivity index (χ0) is 63.7. The first-order valence-electron chi connectivity index (χ1n) is 27.3. The molecular formula is C56H68N22O10. The molecule has 10 N–H and O–H groups in total. The summed E-state index contributed by atoms with van der Waals surface area (Å²) in [6.07, 6.45) is 14.5. The molecule has 88 heavy (non-hydrogen) atoms. The van der Waals surface area contributed by atoms with Crippen molar-refractivity contribution in [3.63, 3.8) is 0 Å². The summed E-state index contributed by atoms with van der Waals surface area (Å²) >= 11 is 0. The largest absolute Gasteiger partial charge is 0.356 e. The summed E-state index contributed by atoms with van der Waals surface area (Å²) in [7, 11) is 16.8. The van der Waals surface area contributed by atoms with E-state index in [-0.39, 0.29) is 95.1 Å². The third kappa shape index (κ3) is 15.5. The van der Waals surface area contributed by atoms with Crippen molar-refractivity contribution in [2.75, 3.05) is 77.5 Å². The van der Waals surface area contributed by atoms with E-state index in [1.165, 1.54) is 93.3 Å². The van der Waals surface area contributed by atoms with Crippen molar-refractivity contribution >= 4 is 99.1 Å². The van der Waals surface area contributed by atoms with Crippen LogP contribution in [0, 0.1) is 0 Å². The fourth-order valence-electron chi connectivity index (χ4n) is 9.16. The molecule has 0 aliphatic heterocycles. The first kappa shape index (κ1) is 62.7. The van der Waals surface area contributed by atoms with Crippen molar-refractivity contribution in [2.24, 2.45) is 56.4 Å². The van der Waals surface area contributed by atoms with Crippen molar-refractivity contribution < 1.29 is 47.9 Å². The molecule has 8 rings (SSSR count). The number of aromatic nitrogens is 11. The minimum atomic E-state index is -0.662. The van der Waals surface area contributed by atoms with Gasteiger partial charge in [0.2, 0.25) is 23.5 Å². The van der Waals surface area contributed by atoms with Crippen molar-refractivity contribution in [2.45, 2.75) is 19.3 Å². The van der Waals surface area contributed by atoms with Gasteiger partial charge in [-0.15, -0.1) is 0 Å². The van der Waals surface area contributed by atoms with Crippen LogP contribution in [0.2, 0.25) is 0 Å². The number of nitrogens with one attached hydrogen (secondary N) is 10. The van der Waals surface area contributed by atoms with Crippen molar-refractivity contribution in [3.8, 4) is 0 Å². The zero-order valence-electron chi connectivity index (χ0n) is 50.0. The Morgan fingerprint density at radius 2 is 0.727 bits per heavy atom. The van der Waals surface area contributed by atoms with E-state index in [9.17, 15) is 47.9 Å². The quantitative estimate of drug-likeness (QED) is 0.0366. The van der Waals surface area contributed by atoms with Gasteiger partial charge in [0.05, 0.1) is 28.4 Å². The number of hydrogen-bond acceptors (Lipinski definition) is 14. The summed E-state index contributed by atoms with van der Waals surface area (Å²) in [5, 5.41) is 27.2. The SMILES string of the molecule is CN(C)CCCNC(=O)CCNC(=O)c1cc(NC(=O)c2cc(NC(=O)c3cc(NC(=O)c4cc(NC(=O)CCNC(=O)c5cc(NC(=O)c6nc(NC(=O)c7nc(NC(=O)c8nccn8C)cn7C)cn6C)cn5C)cn4C)cn3C)cn2C)cn1C. The minimum Gasteiger partial charge on any atom is -0.356 e. The molecule has 0 aromatic carbocycles. The van der Waals surface area contributed by atoms with E-state index < -0.39 is 53.2 Å². The lowest BCUT2D eigenvalue weighted by atomic mass is 10.3. The molecule has 0 aliphatic rings. The lowest BCUT2D eigenvalue weighted by molar-refractivity contribution is -0.121. The maximum Gasteiger partial charge on any atom is 0.292 e. The molecule has 0 saturated heterocycles. The van der Waals surface area contributed by atoms with E-state index in [1.807, 2.05) is 19.0 Å². The Kier molecular flexibility index (Phi) is 19.4. The summed E-state index contributed by atoms with van der Waals surface area (Å²) in [4.78, 5) is 145. The highest BCUT2D eigenvalue weighted by Gasteiger charge is 2.24. The third-order valence-corrected chi connectivity index (χ3v) is 13.5. The molecule has 462 valence electrons. The number of hydrogen-bond donors (Lipinski definition) is 10. The van der Waals surface area contributed by atoms with Crippen molar-refractivity contribution in [3.05, 3.63) is 132 Å². The highest BCUT2D eigenvalue weighted by molar-refractivity contribution is 6.10. The molecule has 8 aromatic rings. The van der Waals surface area contributed by atoms with Crippen LogP contribution in [0.15, 0.2) is 86.1 Å². The fourth-order valence-corrected chi connectivity index (χ4v) is 9.16. The Bertz CT molecular complexity index is 4000. The van der Waals surface area contributed by atoms with Gasteiger partial charge < -0.3 is 94.6 Å². The molecule has 0 spiro atoms. The predicted molar refractivity (Wildman–Crippen MR) is 323 cm³/mol. The molecule has 0 atom stereocenters. The maximum atomic E-state index is 13.5. The number of anilines is 7. The average molecular weight is 1210 g/mol. The van der Waals surface area contributed by atoms with Gasteiger partial charge in [-0.05, 0) is 57.4 Å². The van der Waals surface area contributed by atoms with E-state index in [1.54, 1.807) is 85.7 Å². The van der Waals surface area contributed by atoms with Crippen LogP contribution in [-0.4, -0.2) is 156 Å². The molecule has 0 bridgehead atoms. The number of aryl methyl sites for hydroxylation is 8. The van der Waals surface area contributed by atoms with E-state index in [2.05, 4.69) is 68.1 Å². The molecule has 32 nitrogen and oxygen atoms in total. The molecule has 10 amide bonds. The van der Waals surface area contributed by atoms with Crippen LogP contribution in [0.4, 0.5) is 40.1 Å². The summed E-state index contributed by atoms with van der Waals surface area (Å²) in [6, 6.07) is 7.38. The Balaban J connectivity index is 0.760. The molecule has 0 unspecified atom stereocenters. The summed E-state index contributed by atoms with van der Waals surface area (Å²) < 4.78 is 11.9. The summed E-state index contributed by atoms with van der Waals surface area (Å²) in [5.41, 5.74) is 2.51. The molecule has 0 saturated carbocycles. The van der Waals surface area contributed by atoms with Gasteiger partial charge in [0.25, 0.3) is 47.3 Å². The van der Waals surface area contributed by atoms with E-state index in [0.717, 1.165) is 13.0 Å². The van der Waals surface area contributed by atoms with Gasteiger partial charge in [-0.25, -0.2) is 15.0 Å². The molecular weight excluding hydrogens is 1140 g/mol. The van der Waals surface area contributed by atoms with Gasteiger partial charge in [-0.3, -0.25) is 47.9 Å². The van der Waals surface area contributed by atoms with Gasteiger partial charge in [0.1, 0.15) is 28.5 Å². The van der Waals surface area contributed by atoms with Gasteiger partial charge >= 0.3 is 0 Å². The highest BCUT2D eigenvalue weighted by atomic mass is 16.2. The van der Waals surface area contributed by atoms with Gasteiger partial charge in [-0.1, -0.05) is 0 Å². The van der Waals surface area contributed by atoms with Gasteiger partial charge in [-0.2, -0.15) is 0 Å². The maximum absolute atomic E-state index is 13.5. The van der Waals surface area contributed by atoms with Crippen LogP contribution < -0.4 is 53.2 Å². The average Bonchev–Trinajstić information content (AvgIpc) is 2.38. The molecule has 8 heterocycles. The first-order chi connectivity index (χ1) is 41.8. The van der Waals surface area contributed by atoms with Crippen LogP contribution in [-0.2, 0) is 66.0 Å². The standard InChI is InChI=1S/C56H68N22O10/c1-70(2)18-11-14-57-44(79)12-15-59-49(81)37-21-33(26-72(37)4)62-52(84)40-24-35(28-75(40)7)64-53(85)41-23-34(27-76(41)8)63-51(83)39-20-32(25-74(39)6)61-45(80)13-16-60-50(82)38-22-36(29-73(38)5)65-55(87)47-66-43(31-77(47)9)69-56(88)48-67-42(30-78(48)10)68-54(86)46-58-17-19-71(46)3/h17,19-31H,11-16,18H2,1-10H3,(H,57,79)(H,59,81)(H,60,82)(H,61,80)(H,62,84)(H,63,83)(H,64,85)(H,65,87)(H,68,86)(H,69,88). The second-order valence-electron chi connectivity index (χ2n) is 20.9. The first-order valence-corrected chi connectivity index (χ1v) is 27.3. The molecule has 8 aromatic heterocycles. The number of rotatable bonds is 25. The van der Waals surface area contributed by atoms with Crippen molar-refractivity contribution in [1.82, 2.24) is 72.3 Å². The Labute approximate surface area is 503 Å². The topological polar surface area (TPSA) is 372 Å². The van der Waals surface area contributed by atoms with E-state index in [0.29, 0.717) is 29.3 Å². The van der Waals surface area contributed by atoms with Crippen LogP contribution >= 0.6 is 0 Å². The fraction of sp³-hybridized carbons (Fsp3) is 0.304. The smallest absolute Gasteiger partial charge is 0.292 e. The Hall–Kier alpha value is -11.3. The van der Waals surface area contributed by atoms with Crippen LogP contribution in [0.5, 0.6) is 0 Å². The third-order valence-electron chi connectivity index (χ3n) is 13.5. The molecule has 0 fully saturated rings. The Morgan fingerprint density at radius 3 is 1.11 bits per heavy atom. The molecule has 0 radical (unpaired) electrons. The number of imidazole rings is 3. The summed E-state index contributed by atoms with van der Waals surface area (Å²) in [6.45, 7) is 1.45. The van der Waals surface area contributed by atoms with E-state index in [4.69, 9.17) is 0 Å². The number of carbonyl (C=O) groups is 10. The predicted octanol–water partition coefficient (Wildman–Crippen LogP) is 2.04. The summed E-state index contributed by atoms with van der Waals surface area (Å²) in [5.74, 6) is -4.81. The number of amides is 10. The van der Waals surface area contributed by atoms with Crippen LogP contribution in [0.1, 0.15) is 104 Å². The highest BCUT2D eigenvalue weighted by Crippen LogP contribution is 2.23. The Morgan fingerprint density at radius 1 is 0.375 bits per heavy atom. The number of nitrogens with zero attached hydrogens (tertiary/aromatic N) is 12. The van der Waals surface area contributed by atoms with E-state index >= 15 is 0 Å². The molecule has 32 heteroatoms. The van der Waals surface area contributed by atoms with Gasteiger partial charge in [0, 0.05) is 145 Å². The number of carbonyl (C=O) groups excluding carboxylic acids is 10. The lowest BCUT2D eigenvalue weighted by Gasteiger charge is -2.10. The normalized spacial score (nSPS) is 11.0. The zero-order valence-corrected chi connectivity index (χ0v) is 50.0. The van der Waals surface area contributed by atoms with Gasteiger partial charge in [0.15, 0.2) is 17.5 Å². The lowest BCUT2D eigenvalue weighted by Crippen LogP contribution is -2.32. The van der Waals surface area contributed by atoms with Crippen LogP contribution in [0.3, 0.4) is 0 Å². The van der Waals surface area contributed by atoms with Crippen molar-refractivity contribution in [1.29, 1.82) is 0 Å². The monoisotopic (exact) mass is 1210 g/mol. The van der Waals surface area contributed by atoms with Crippen LogP contribution in [0.25, 0.3) is 0 Å². The molecule has 0 aliphatic carbocycles. The minimum absolute atomic E-state index is 0.0418.